The quantitative estimate of drug-likeness (QED) is 0.858. The van der Waals surface area contributed by atoms with Crippen molar-refractivity contribution >= 4 is 46.4 Å². The van der Waals surface area contributed by atoms with E-state index in [-0.39, 0.29) is 11.8 Å². The normalized spacial score (nSPS) is 13.9. The highest BCUT2D eigenvalue weighted by Crippen LogP contribution is 2.31. The van der Waals surface area contributed by atoms with Crippen molar-refractivity contribution in [3.05, 3.63) is 52.0 Å². The minimum absolute atomic E-state index is 0.0152. The second-order valence-corrected chi connectivity index (χ2v) is 6.43. The maximum Gasteiger partial charge on any atom is 0.255 e. The number of nitrogens with one attached hydrogen (secondary N) is 1. The van der Waals surface area contributed by atoms with Crippen LogP contribution in [0.1, 0.15) is 23.2 Å². The Morgan fingerprint density at radius 2 is 1.96 bits per heavy atom. The first-order valence-electron chi connectivity index (χ1n) is 7.74. The lowest BCUT2D eigenvalue weighted by atomic mass is 10.1. The summed E-state index contributed by atoms with van der Waals surface area (Å²) < 4.78 is 5.09. The number of rotatable bonds is 4. The average molecular weight is 379 g/mol. The molecule has 1 aliphatic heterocycles. The first-order chi connectivity index (χ1) is 12.0. The van der Waals surface area contributed by atoms with Crippen molar-refractivity contribution in [2.24, 2.45) is 0 Å². The summed E-state index contributed by atoms with van der Waals surface area (Å²) in [6.45, 7) is 0.609. The summed E-state index contributed by atoms with van der Waals surface area (Å²) in [6, 6.07) is 9.86. The van der Waals surface area contributed by atoms with E-state index in [4.69, 9.17) is 27.9 Å². The molecule has 3 rings (SSSR count). The smallest absolute Gasteiger partial charge is 0.255 e. The Labute approximate surface area is 155 Å². The van der Waals surface area contributed by atoms with Gasteiger partial charge in [-0.25, -0.2) is 0 Å². The average Bonchev–Trinajstić information content (AvgIpc) is 3.01. The van der Waals surface area contributed by atoms with Crippen molar-refractivity contribution in [2.75, 3.05) is 23.9 Å². The van der Waals surface area contributed by atoms with Gasteiger partial charge >= 0.3 is 0 Å². The Kier molecular flexibility index (Phi) is 5.16. The third kappa shape index (κ3) is 3.72. The highest BCUT2D eigenvalue weighted by Gasteiger charge is 2.24. The number of methoxy groups -OCH3 is 1. The fourth-order valence-electron chi connectivity index (χ4n) is 2.71. The first kappa shape index (κ1) is 17.6. The number of carbonyl (C=O) groups is 2. The van der Waals surface area contributed by atoms with E-state index in [0.29, 0.717) is 45.7 Å². The molecule has 0 radical (unpaired) electrons. The first-order valence-corrected chi connectivity index (χ1v) is 8.50. The van der Waals surface area contributed by atoms with Crippen molar-refractivity contribution in [1.82, 2.24) is 0 Å². The van der Waals surface area contributed by atoms with E-state index in [1.807, 2.05) is 0 Å². The van der Waals surface area contributed by atoms with Gasteiger partial charge in [0.05, 0.1) is 22.8 Å². The molecule has 25 heavy (non-hydrogen) atoms. The van der Waals surface area contributed by atoms with Gasteiger partial charge in [-0.1, -0.05) is 23.2 Å². The molecular formula is C18H16Cl2N2O3. The van der Waals surface area contributed by atoms with Crippen LogP contribution in [0.25, 0.3) is 0 Å². The number of amides is 2. The number of benzene rings is 2. The lowest BCUT2D eigenvalue weighted by molar-refractivity contribution is -0.117. The fraction of sp³-hybridized carbons (Fsp3) is 0.222. The monoisotopic (exact) mass is 378 g/mol. The van der Waals surface area contributed by atoms with Crippen LogP contribution < -0.4 is 15.0 Å². The van der Waals surface area contributed by atoms with Gasteiger partial charge in [-0.2, -0.15) is 0 Å². The van der Waals surface area contributed by atoms with Crippen molar-refractivity contribution in [2.45, 2.75) is 12.8 Å². The molecule has 1 fully saturated rings. The Balaban J connectivity index is 1.83. The van der Waals surface area contributed by atoms with Gasteiger partial charge in [-0.05, 0) is 42.8 Å². The summed E-state index contributed by atoms with van der Waals surface area (Å²) in [7, 11) is 1.52. The molecule has 0 spiro atoms. The van der Waals surface area contributed by atoms with Crippen LogP contribution in [0.15, 0.2) is 36.4 Å². The minimum atomic E-state index is -0.314. The van der Waals surface area contributed by atoms with Gasteiger partial charge in [-0.15, -0.1) is 0 Å². The van der Waals surface area contributed by atoms with E-state index in [2.05, 4.69) is 5.32 Å². The number of halogens is 2. The number of anilines is 2. The molecule has 1 saturated heterocycles. The maximum atomic E-state index is 12.5. The summed E-state index contributed by atoms with van der Waals surface area (Å²) in [5, 5.41) is 3.62. The predicted molar refractivity (Wildman–Crippen MR) is 99.0 cm³/mol. The molecule has 2 aromatic carbocycles. The lowest BCUT2D eigenvalue weighted by Gasteiger charge is -2.18. The molecule has 0 bridgehead atoms. The number of ether oxygens (including phenoxy) is 1. The molecular weight excluding hydrogens is 363 g/mol. The summed E-state index contributed by atoms with van der Waals surface area (Å²) in [5.74, 6) is 0.230. The Bertz CT molecular complexity index is 839. The number of nitrogens with zero attached hydrogens (tertiary/aromatic N) is 1. The standard InChI is InChI=1S/C18H16Cl2N2O3/c1-25-16-7-5-12(10-14(16)20)21-18(24)11-4-6-13(19)15(9-11)22-8-2-3-17(22)23/h4-7,9-10H,2-3,8H2,1H3,(H,21,24). The fourth-order valence-corrected chi connectivity index (χ4v) is 3.19. The van der Waals surface area contributed by atoms with Gasteiger partial charge in [0.1, 0.15) is 5.75 Å². The van der Waals surface area contributed by atoms with Crippen molar-refractivity contribution in [3.8, 4) is 5.75 Å². The lowest BCUT2D eigenvalue weighted by Crippen LogP contribution is -2.24. The van der Waals surface area contributed by atoms with Gasteiger partial charge in [0.15, 0.2) is 0 Å². The van der Waals surface area contributed by atoms with Crippen LogP contribution in [0, 0.1) is 0 Å². The molecule has 0 atom stereocenters. The molecule has 130 valence electrons. The predicted octanol–water partition coefficient (Wildman–Crippen LogP) is 4.38. The van der Waals surface area contributed by atoms with Crippen LogP contribution in [-0.4, -0.2) is 25.5 Å². The summed E-state index contributed by atoms with van der Waals surface area (Å²) in [6.07, 6.45) is 1.28. The summed E-state index contributed by atoms with van der Waals surface area (Å²) >= 11 is 12.3. The number of hydrogen-bond acceptors (Lipinski definition) is 3. The number of hydrogen-bond donors (Lipinski definition) is 1. The van der Waals surface area contributed by atoms with Gasteiger partial charge in [0, 0.05) is 24.2 Å². The van der Waals surface area contributed by atoms with Crippen molar-refractivity contribution in [1.29, 1.82) is 0 Å². The van der Waals surface area contributed by atoms with Crippen LogP contribution >= 0.6 is 23.2 Å². The van der Waals surface area contributed by atoms with Gasteiger partial charge in [0.25, 0.3) is 5.91 Å². The topological polar surface area (TPSA) is 58.6 Å². The molecule has 1 aliphatic rings. The van der Waals surface area contributed by atoms with Gasteiger partial charge in [0.2, 0.25) is 5.91 Å². The van der Waals surface area contributed by atoms with Crippen LogP contribution in [0.5, 0.6) is 5.75 Å². The summed E-state index contributed by atoms with van der Waals surface area (Å²) in [5.41, 5.74) is 1.51. The van der Waals surface area contributed by atoms with E-state index in [9.17, 15) is 9.59 Å². The largest absolute Gasteiger partial charge is 0.495 e. The molecule has 2 amide bonds. The zero-order chi connectivity index (χ0) is 18.0. The van der Waals surface area contributed by atoms with Crippen LogP contribution in [0.4, 0.5) is 11.4 Å². The molecule has 7 heteroatoms. The molecule has 0 unspecified atom stereocenters. The Morgan fingerprint density at radius 1 is 1.16 bits per heavy atom. The Hall–Kier alpha value is -2.24. The Morgan fingerprint density at radius 3 is 2.60 bits per heavy atom. The molecule has 0 aliphatic carbocycles. The van der Waals surface area contributed by atoms with E-state index in [1.54, 1.807) is 41.3 Å². The van der Waals surface area contributed by atoms with Gasteiger partial charge < -0.3 is 15.0 Å². The van der Waals surface area contributed by atoms with E-state index >= 15 is 0 Å². The molecule has 0 saturated carbocycles. The van der Waals surface area contributed by atoms with E-state index < -0.39 is 0 Å². The summed E-state index contributed by atoms with van der Waals surface area (Å²) in [4.78, 5) is 26.1. The van der Waals surface area contributed by atoms with Gasteiger partial charge in [-0.3, -0.25) is 9.59 Å². The van der Waals surface area contributed by atoms with E-state index in [1.165, 1.54) is 7.11 Å². The maximum absolute atomic E-state index is 12.5. The van der Waals surface area contributed by atoms with Crippen LogP contribution in [0.3, 0.4) is 0 Å². The molecule has 1 N–H and O–H groups in total. The second kappa shape index (κ2) is 7.33. The zero-order valence-electron chi connectivity index (χ0n) is 13.5. The van der Waals surface area contributed by atoms with E-state index in [0.717, 1.165) is 6.42 Å². The third-order valence-corrected chi connectivity index (χ3v) is 4.60. The zero-order valence-corrected chi connectivity index (χ0v) is 15.0. The van der Waals surface area contributed by atoms with Crippen LogP contribution in [-0.2, 0) is 4.79 Å². The van der Waals surface area contributed by atoms with Crippen LogP contribution in [0.2, 0.25) is 10.0 Å². The second-order valence-electron chi connectivity index (χ2n) is 5.62. The highest BCUT2D eigenvalue weighted by molar-refractivity contribution is 6.34. The SMILES string of the molecule is COc1ccc(NC(=O)c2ccc(Cl)c(N3CCCC3=O)c2)cc1Cl. The number of carbonyl (C=O) groups excluding carboxylic acids is 2. The third-order valence-electron chi connectivity index (χ3n) is 3.98. The molecule has 0 aromatic heterocycles. The molecule has 1 heterocycles. The molecule has 2 aromatic rings. The van der Waals surface area contributed by atoms with Crippen molar-refractivity contribution < 1.29 is 14.3 Å². The van der Waals surface area contributed by atoms with Crippen molar-refractivity contribution in [3.63, 3.8) is 0 Å². The highest BCUT2D eigenvalue weighted by atomic mass is 35.5. The molecule has 5 nitrogen and oxygen atoms in total. The minimum Gasteiger partial charge on any atom is -0.495 e.